The lowest BCUT2D eigenvalue weighted by Gasteiger charge is -2.72. The van der Waals surface area contributed by atoms with Crippen molar-refractivity contribution >= 4 is 17.8 Å². The van der Waals surface area contributed by atoms with Gasteiger partial charge in [-0.15, -0.1) is 0 Å². The van der Waals surface area contributed by atoms with E-state index in [1.807, 2.05) is 0 Å². The van der Waals surface area contributed by atoms with E-state index in [0.717, 1.165) is 45.2 Å². The number of amides is 1. The first kappa shape index (κ1) is 35.8. The summed E-state index contributed by atoms with van der Waals surface area (Å²) in [6.07, 6.45) is 17.5. The average Bonchev–Trinajstić information content (AvgIpc) is 3.80. The van der Waals surface area contributed by atoms with E-state index in [2.05, 4.69) is 44.4 Å². The number of fused-ring (bicyclic) bond motifs is 7. The maximum absolute atomic E-state index is 14.0. The molecule has 7 aliphatic rings. The monoisotopic (exact) mass is 681 g/mol. The molecule has 5 saturated carbocycles. The number of ether oxygens (including phenoxy) is 1. The molecule has 0 aromatic carbocycles. The number of carboxylic acid groups (broad SMARTS) is 1. The Hall–Kier alpha value is -1.63. The van der Waals surface area contributed by atoms with Crippen LogP contribution in [0.15, 0.2) is 0 Å². The Kier molecular flexibility index (Phi) is 8.92. The average molecular weight is 681 g/mol. The molecule has 276 valence electrons. The normalized spacial score (nSPS) is 44.8. The molecule has 0 aromatic heterocycles. The predicted octanol–water partition coefficient (Wildman–Crippen LogP) is 8.34. The number of likely N-dealkylation sites (tertiary alicyclic amines) is 2. The summed E-state index contributed by atoms with van der Waals surface area (Å²) in [5.74, 6) is 1.61. The van der Waals surface area contributed by atoms with Gasteiger partial charge in [-0.1, -0.05) is 41.0 Å². The lowest BCUT2D eigenvalue weighted by Crippen LogP contribution is -2.66. The highest BCUT2D eigenvalue weighted by molar-refractivity contribution is 5.81. The van der Waals surface area contributed by atoms with Crippen molar-refractivity contribution < 1.29 is 24.2 Å². The van der Waals surface area contributed by atoms with Crippen LogP contribution in [-0.4, -0.2) is 71.1 Å². The summed E-state index contributed by atoms with van der Waals surface area (Å²) in [5, 5.41) is 9.59. The predicted molar refractivity (Wildman–Crippen MR) is 192 cm³/mol. The van der Waals surface area contributed by atoms with Gasteiger partial charge in [-0.25, -0.2) is 0 Å². The van der Waals surface area contributed by atoms with E-state index in [0.29, 0.717) is 35.6 Å². The number of hydrogen-bond donors (Lipinski definition) is 1. The van der Waals surface area contributed by atoms with Crippen LogP contribution in [0.1, 0.15) is 151 Å². The third kappa shape index (κ3) is 5.54. The van der Waals surface area contributed by atoms with E-state index in [1.165, 1.54) is 77.3 Å². The molecular formula is C42H68N2O5. The molecule has 7 fully saturated rings. The number of carbonyl (C=O) groups excluding carboxylic acids is 2. The lowest BCUT2D eigenvalue weighted by molar-refractivity contribution is -0.248. The zero-order chi connectivity index (χ0) is 35.2. The summed E-state index contributed by atoms with van der Waals surface area (Å²) >= 11 is 0. The Morgan fingerprint density at radius 1 is 0.755 bits per heavy atom. The first-order valence-electron chi connectivity index (χ1n) is 20.4. The van der Waals surface area contributed by atoms with Gasteiger partial charge in [-0.05, 0) is 156 Å². The maximum atomic E-state index is 14.0. The van der Waals surface area contributed by atoms with E-state index in [9.17, 15) is 19.5 Å². The molecule has 2 saturated heterocycles. The molecule has 0 spiro atoms. The smallest absolute Gasteiger partial charge is 0.309 e. The fourth-order valence-electron chi connectivity index (χ4n) is 14.6. The first-order chi connectivity index (χ1) is 23.0. The largest absolute Gasteiger partial charge is 0.481 e. The van der Waals surface area contributed by atoms with Crippen LogP contribution in [-0.2, 0) is 19.1 Å². The topological polar surface area (TPSA) is 87.2 Å². The van der Waals surface area contributed by atoms with Gasteiger partial charge in [0.15, 0.2) is 0 Å². The minimum atomic E-state index is -1.13. The molecule has 10 atom stereocenters. The van der Waals surface area contributed by atoms with Gasteiger partial charge in [0.1, 0.15) is 6.10 Å². The molecule has 7 rings (SSSR count). The van der Waals surface area contributed by atoms with E-state index >= 15 is 0 Å². The van der Waals surface area contributed by atoms with Gasteiger partial charge in [0, 0.05) is 31.0 Å². The minimum absolute atomic E-state index is 0.0945. The standard InChI is InChI=1S/C42H68N2O5/c1-37(2,36(47)48)26-35(46)49-33-15-18-39(5)31(38(33,3)4)14-19-41(7)32(39)13-12-29-30-11-10-17-42(30,21-20-40(29,41)6)25-34(45)44-24-16-28(27-44)43-22-8-9-23-43/h28-33H,8-27H2,1-7H3,(H,47,48)/t28-,29-,30-,31?,32?,33+,39+,40-,41-,42-/m1/s1. The molecule has 1 amide bonds. The Bertz CT molecular complexity index is 1320. The van der Waals surface area contributed by atoms with Gasteiger partial charge in [-0.3, -0.25) is 19.3 Å². The summed E-state index contributed by atoms with van der Waals surface area (Å²) in [6, 6.07) is 0.584. The number of esters is 1. The molecule has 0 aromatic rings. The van der Waals surface area contributed by atoms with E-state index in [1.54, 1.807) is 13.8 Å². The van der Waals surface area contributed by atoms with Crippen LogP contribution in [0.25, 0.3) is 0 Å². The molecule has 2 heterocycles. The zero-order valence-corrected chi connectivity index (χ0v) is 32.1. The van der Waals surface area contributed by atoms with E-state index in [4.69, 9.17) is 4.74 Å². The summed E-state index contributed by atoms with van der Waals surface area (Å²) in [4.78, 5) is 43.7. The highest BCUT2D eigenvalue weighted by Crippen LogP contribution is 2.77. The van der Waals surface area contributed by atoms with Crippen LogP contribution in [0.2, 0.25) is 0 Å². The Balaban J connectivity index is 1.06. The van der Waals surface area contributed by atoms with Crippen molar-refractivity contribution in [1.82, 2.24) is 9.80 Å². The van der Waals surface area contributed by atoms with Crippen LogP contribution >= 0.6 is 0 Å². The van der Waals surface area contributed by atoms with Gasteiger partial charge in [0.05, 0.1) is 11.8 Å². The van der Waals surface area contributed by atoms with Gasteiger partial charge in [0.25, 0.3) is 0 Å². The summed E-state index contributed by atoms with van der Waals surface area (Å²) in [7, 11) is 0. The van der Waals surface area contributed by atoms with Crippen LogP contribution in [0, 0.1) is 56.2 Å². The van der Waals surface area contributed by atoms with Crippen molar-refractivity contribution in [2.75, 3.05) is 26.2 Å². The third-order valence-electron chi connectivity index (χ3n) is 17.6. The molecule has 49 heavy (non-hydrogen) atoms. The Morgan fingerprint density at radius 2 is 1.49 bits per heavy atom. The Labute approximate surface area is 297 Å². The fraction of sp³-hybridized carbons (Fsp3) is 0.929. The second-order valence-electron chi connectivity index (χ2n) is 20.4. The SMILES string of the molecule is CC(C)(CC(=O)O[C@H]1CC[C@@]2(C)C(CC[C@]3(C)C2CC[C@@H]2[C@H]4CCC[C@]4(CC(=O)N4CC[C@@H](N5CCCC5)C4)CC[C@]23C)C1(C)C)C(=O)O. The lowest BCUT2D eigenvalue weighted by atomic mass is 9.32. The van der Waals surface area contributed by atoms with Crippen molar-refractivity contribution in [3.8, 4) is 0 Å². The molecule has 0 radical (unpaired) electrons. The van der Waals surface area contributed by atoms with Gasteiger partial charge < -0.3 is 14.7 Å². The molecule has 2 unspecified atom stereocenters. The first-order valence-corrected chi connectivity index (χ1v) is 20.4. The molecule has 1 N–H and O–H groups in total. The van der Waals surface area contributed by atoms with Crippen LogP contribution in [0.4, 0.5) is 0 Å². The number of hydrogen-bond acceptors (Lipinski definition) is 5. The summed E-state index contributed by atoms with van der Waals surface area (Å²) < 4.78 is 6.18. The van der Waals surface area contributed by atoms with Crippen molar-refractivity contribution in [1.29, 1.82) is 0 Å². The van der Waals surface area contributed by atoms with E-state index in [-0.39, 0.29) is 45.6 Å². The number of nitrogens with zero attached hydrogens (tertiary/aromatic N) is 2. The Morgan fingerprint density at radius 3 is 2.20 bits per heavy atom. The summed E-state index contributed by atoms with van der Waals surface area (Å²) in [6.45, 7) is 20.2. The third-order valence-corrected chi connectivity index (χ3v) is 17.6. The number of carbonyl (C=O) groups is 3. The quantitative estimate of drug-likeness (QED) is 0.272. The number of carboxylic acids is 1. The van der Waals surface area contributed by atoms with E-state index < -0.39 is 11.4 Å². The van der Waals surface area contributed by atoms with Crippen molar-refractivity contribution in [3.63, 3.8) is 0 Å². The highest BCUT2D eigenvalue weighted by Gasteiger charge is 2.70. The molecule has 2 aliphatic heterocycles. The number of aliphatic carboxylic acids is 1. The van der Waals surface area contributed by atoms with Crippen molar-refractivity contribution in [2.24, 2.45) is 56.2 Å². The van der Waals surface area contributed by atoms with Crippen molar-refractivity contribution in [3.05, 3.63) is 0 Å². The van der Waals surface area contributed by atoms with Gasteiger partial charge in [0.2, 0.25) is 5.91 Å². The van der Waals surface area contributed by atoms with Crippen LogP contribution in [0.3, 0.4) is 0 Å². The maximum Gasteiger partial charge on any atom is 0.309 e. The zero-order valence-electron chi connectivity index (χ0n) is 32.1. The second kappa shape index (κ2) is 12.2. The van der Waals surface area contributed by atoms with Crippen LogP contribution in [0.5, 0.6) is 0 Å². The molecule has 7 nitrogen and oxygen atoms in total. The minimum Gasteiger partial charge on any atom is -0.481 e. The van der Waals surface area contributed by atoms with Gasteiger partial charge >= 0.3 is 11.9 Å². The number of rotatable bonds is 7. The summed E-state index contributed by atoms with van der Waals surface area (Å²) in [5.41, 5.74) is -0.337. The van der Waals surface area contributed by atoms with Crippen LogP contribution < -0.4 is 0 Å². The molecule has 7 heteroatoms. The molecule has 5 aliphatic carbocycles. The van der Waals surface area contributed by atoms with Gasteiger partial charge in [-0.2, -0.15) is 0 Å². The van der Waals surface area contributed by atoms with Crippen molar-refractivity contribution in [2.45, 2.75) is 163 Å². The second-order valence-corrected chi connectivity index (χ2v) is 20.4. The fourth-order valence-corrected chi connectivity index (χ4v) is 14.6. The molecule has 0 bridgehead atoms. The highest BCUT2D eigenvalue weighted by atomic mass is 16.5. The molecular weight excluding hydrogens is 612 g/mol.